The second-order valence-electron chi connectivity index (χ2n) is 3.55. The summed E-state index contributed by atoms with van der Waals surface area (Å²) in [5.41, 5.74) is 0. The zero-order valence-electron chi connectivity index (χ0n) is 8.21. The molecule has 82 valence electrons. The Kier molecular flexibility index (Phi) is 3.43. The van der Waals surface area contributed by atoms with E-state index in [0.717, 1.165) is 0 Å². The number of likely N-dealkylation sites (N-methyl/N-ethyl adjacent to an activating group) is 2. The molecule has 6 nitrogen and oxygen atoms in total. The minimum absolute atomic E-state index is 0.163. The monoisotopic (exact) mass is 204 g/mol. The lowest BCUT2D eigenvalue weighted by atomic mass is 9.94. The highest BCUT2D eigenvalue weighted by molar-refractivity contribution is 5.82. The molecule has 1 saturated heterocycles. The Morgan fingerprint density at radius 3 is 2.43 bits per heavy atom. The lowest BCUT2D eigenvalue weighted by Gasteiger charge is -2.40. The van der Waals surface area contributed by atoms with Crippen LogP contribution in [0.4, 0.5) is 0 Å². The van der Waals surface area contributed by atoms with Crippen molar-refractivity contribution >= 4 is 5.91 Å². The van der Waals surface area contributed by atoms with Crippen molar-refractivity contribution in [2.24, 2.45) is 0 Å². The van der Waals surface area contributed by atoms with Crippen LogP contribution in [0.5, 0.6) is 0 Å². The average Bonchev–Trinajstić information content (AvgIpc) is 2.14. The Balaban J connectivity index is 2.78. The van der Waals surface area contributed by atoms with E-state index in [-0.39, 0.29) is 12.5 Å². The first-order chi connectivity index (χ1) is 6.49. The van der Waals surface area contributed by atoms with E-state index in [0.29, 0.717) is 0 Å². The summed E-state index contributed by atoms with van der Waals surface area (Å²) in [6.45, 7) is 0.163. The Morgan fingerprint density at radius 2 is 1.93 bits per heavy atom. The molecule has 4 N–H and O–H groups in total. The quantitative estimate of drug-likeness (QED) is 0.368. The number of piperidine rings is 1. The molecule has 0 unspecified atom stereocenters. The summed E-state index contributed by atoms with van der Waals surface area (Å²) in [5.74, 6) is -0.369. The SMILES string of the molecule is CNC(=O)[C@@H]1[C@@H](O)[C@@H](O)[C@H](O)CN1C. The zero-order valence-corrected chi connectivity index (χ0v) is 8.21. The lowest BCUT2D eigenvalue weighted by Crippen LogP contribution is -2.64. The van der Waals surface area contributed by atoms with Crippen LogP contribution in [0.3, 0.4) is 0 Å². The van der Waals surface area contributed by atoms with Crippen LogP contribution < -0.4 is 5.32 Å². The highest BCUT2D eigenvalue weighted by Crippen LogP contribution is 2.17. The number of nitrogens with one attached hydrogen (secondary N) is 1. The average molecular weight is 204 g/mol. The number of hydrogen-bond donors (Lipinski definition) is 4. The van der Waals surface area contributed by atoms with Crippen LogP contribution in [0.2, 0.25) is 0 Å². The van der Waals surface area contributed by atoms with Crippen LogP contribution >= 0.6 is 0 Å². The summed E-state index contributed by atoms with van der Waals surface area (Å²) in [4.78, 5) is 12.8. The van der Waals surface area contributed by atoms with E-state index in [9.17, 15) is 20.1 Å². The number of β-amino-alcohol motifs (C(OH)–C–C–N with tert-alkyl or cyclic N) is 1. The Bertz CT molecular complexity index is 223. The van der Waals surface area contributed by atoms with Crippen LogP contribution in [0, 0.1) is 0 Å². The third-order valence-electron chi connectivity index (χ3n) is 2.53. The van der Waals surface area contributed by atoms with Gasteiger partial charge in [-0.1, -0.05) is 0 Å². The summed E-state index contributed by atoms with van der Waals surface area (Å²) in [7, 11) is 3.07. The van der Waals surface area contributed by atoms with Crippen molar-refractivity contribution in [1.29, 1.82) is 0 Å². The predicted octanol–water partition coefficient (Wildman–Crippen LogP) is -2.87. The minimum atomic E-state index is -1.27. The fourth-order valence-corrected chi connectivity index (χ4v) is 1.69. The number of nitrogens with zero attached hydrogens (tertiary/aromatic N) is 1. The first kappa shape index (κ1) is 11.4. The highest BCUT2D eigenvalue weighted by atomic mass is 16.4. The van der Waals surface area contributed by atoms with Gasteiger partial charge in [0.2, 0.25) is 5.91 Å². The molecule has 0 aliphatic carbocycles. The van der Waals surface area contributed by atoms with Crippen molar-refractivity contribution in [3.05, 3.63) is 0 Å². The molecule has 4 atom stereocenters. The van der Waals surface area contributed by atoms with Gasteiger partial charge in [0.1, 0.15) is 18.2 Å². The van der Waals surface area contributed by atoms with Crippen LogP contribution in [-0.2, 0) is 4.79 Å². The largest absolute Gasteiger partial charge is 0.389 e. The number of carbonyl (C=O) groups excluding carboxylic acids is 1. The fourth-order valence-electron chi connectivity index (χ4n) is 1.69. The third-order valence-corrected chi connectivity index (χ3v) is 2.53. The maximum atomic E-state index is 11.3. The van der Waals surface area contributed by atoms with Gasteiger partial charge in [-0.25, -0.2) is 0 Å². The lowest BCUT2D eigenvalue weighted by molar-refractivity contribution is -0.154. The molecule has 0 spiro atoms. The molecule has 0 radical (unpaired) electrons. The van der Waals surface area contributed by atoms with Gasteiger partial charge in [-0.05, 0) is 7.05 Å². The summed E-state index contributed by atoms with van der Waals surface area (Å²) >= 11 is 0. The number of aliphatic hydroxyl groups is 3. The van der Waals surface area contributed by atoms with Crippen LogP contribution in [-0.4, -0.2) is 71.1 Å². The third kappa shape index (κ3) is 1.88. The van der Waals surface area contributed by atoms with Gasteiger partial charge in [-0.15, -0.1) is 0 Å². The van der Waals surface area contributed by atoms with Gasteiger partial charge < -0.3 is 20.6 Å². The molecule has 6 heteroatoms. The van der Waals surface area contributed by atoms with Gasteiger partial charge in [0.05, 0.1) is 6.10 Å². The number of likely N-dealkylation sites (tertiary alicyclic amines) is 1. The van der Waals surface area contributed by atoms with Crippen LogP contribution in [0.15, 0.2) is 0 Å². The molecule has 14 heavy (non-hydrogen) atoms. The maximum absolute atomic E-state index is 11.3. The zero-order chi connectivity index (χ0) is 10.9. The van der Waals surface area contributed by atoms with E-state index in [1.54, 1.807) is 7.05 Å². The molecule has 0 aromatic heterocycles. The van der Waals surface area contributed by atoms with Crippen LogP contribution in [0.25, 0.3) is 0 Å². The van der Waals surface area contributed by atoms with E-state index >= 15 is 0 Å². The number of rotatable bonds is 1. The molecule has 1 heterocycles. The van der Waals surface area contributed by atoms with Gasteiger partial charge in [0, 0.05) is 13.6 Å². The van der Waals surface area contributed by atoms with Gasteiger partial charge in [-0.3, -0.25) is 9.69 Å². The van der Waals surface area contributed by atoms with Crippen molar-refractivity contribution in [3.63, 3.8) is 0 Å². The van der Waals surface area contributed by atoms with Gasteiger partial charge >= 0.3 is 0 Å². The van der Waals surface area contributed by atoms with E-state index < -0.39 is 24.4 Å². The van der Waals surface area contributed by atoms with Crippen molar-refractivity contribution in [2.75, 3.05) is 20.6 Å². The van der Waals surface area contributed by atoms with Crippen molar-refractivity contribution in [2.45, 2.75) is 24.4 Å². The molecule has 0 bridgehead atoms. The molecule has 0 aromatic rings. The Labute approximate surface area is 82.1 Å². The van der Waals surface area contributed by atoms with E-state index in [1.807, 2.05) is 0 Å². The first-order valence-corrected chi connectivity index (χ1v) is 4.45. The second-order valence-corrected chi connectivity index (χ2v) is 3.55. The molecule has 0 saturated carbocycles. The van der Waals surface area contributed by atoms with Gasteiger partial charge in [0.15, 0.2) is 0 Å². The van der Waals surface area contributed by atoms with Crippen LogP contribution in [0.1, 0.15) is 0 Å². The minimum Gasteiger partial charge on any atom is -0.389 e. The summed E-state index contributed by atoms with van der Waals surface area (Å²) in [6, 6.07) is -0.807. The molecule has 1 rings (SSSR count). The first-order valence-electron chi connectivity index (χ1n) is 4.45. The number of amides is 1. The van der Waals surface area contributed by atoms with Crippen molar-refractivity contribution < 1.29 is 20.1 Å². The summed E-state index contributed by atoms with van der Waals surface area (Å²) in [6.07, 6.45) is -3.55. The molecule has 1 amide bonds. The normalized spacial score (nSPS) is 39.5. The topological polar surface area (TPSA) is 93.0 Å². The number of hydrogen-bond acceptors (Lipinski definition) is 5. The Hall–Kier alpha value is -0.690. The fraction of sp³-hybridized carbons (Fsp3) is 0.875. The molecule has 1 fully saturated rings. The van der Waals surface area contributed by atoms with Crippen molar-refractivity contribution in [3.8, 4) is 0 Å². The Morgan fingerprint density at radius 1 is 1.36 bits per heavy atom. The van der Waals surface area contributed by atoms with Gasteiger partial charge in [0.25, 0.3) is 0 Å². The molecular weight excluding hydrogens is 188 g/mol. The van der Waals surface area contributed by atoms with Gasteiger partial charge in [-0.2, -0.15) is 0 Å². The molecule has 1 aliphatic rings. The number of carbonyl (C=O) groups is 1. The van der Waals surface area contributed by atoms with E-state index in [2.05, 4.69) is 5.32 Å². The van der Waals surface area contributed by atoms with Crippen molar-refractivity contribution in [1.82, 2.24) is 10.2 Å². The molecule has 1 aliphatic heterocycles. The van der Waals surface area contributed by atoms with E-state index in [1.165, 1.54) is 11.9 Å². The van der Waals surface area contributed by atoms with E-state index in [4.69, 9.17) is 0 Å². The predicted molar refractivity (Wildman–Crippen MR) is 48.5 cm³/mol. The summed E-state index contributed by atoms with van der Waals surface area (Å²) < 4.78 is 0. The maximum Gasteiger partial charge on any atom is 0.239 e. The standard InChI is InChI=1S/C8H16N2O4/c1-9-8(14)5-7(13)6(12)4(11)3-10(5)2/h4-7,11-13H,3H2,1-2H3,(H,9,14)/t4-,5+,6+,7-/m1/s1. The second kappa shape index (κ2) is 4.22. The smallest absolute Gasteiger partial charge is 0.239 e. The summed E-state index contributed by atoms with van der Waals surface area (Å²) in [5, 5.41) is 30.6. The molecular formula is C8H16N2O4. The highest BCUT2D eigenvalue weighted by Gasteiger charge is 2.43. The number of aliphatic hydroxyl groups excluding tert-OH is 3. The molecule has 0 aromatic carbocycles.